The van der Waals surface area contributed by atoms with Crippen molar-refractivity contribution in [3.63, 3.8) is 0 Å². The number of anilines is 1. The molecular formula is C25H23N3O5. The van der Waals surface area contributed by atoms with Crippen LogP contribution in [0, 0.1) is 12.8 Å². The quantitative estimate of drug-likeness (QED) is 0.568. The van der Waals surface area contributed by atoms with Gasteiger partial charge < -0.3 is 10.1 Å². The molecule has 0 spiro atoms. The molecule has 1 aliphatic rings. The molecule has 2 N–H and O–H groups in total. The van der Waals surface area contributed by atoms with E-state index in [4.69, 9.17) is 4.74 Å². The van der Waals surface area contributed by atoms with Crippen LogP contribution in [0.25, 0.3) is 10.8 Å². The van der Waals surface area contributed by atoms with Crippen molar-refractivity contribution >= 4 is 40.2 Å². The number of nitrogens with zero attached hydrogens (tertiary/aromatic N) is 1. The van der Waals surface area contributed by atoms with Crippen LogP contribution in [0.4, 0.5) is 5.69 Å². The second-order valence-corrected chi connectivity index (χ2v) is 7.89. The zero-order valence-corrected chi connectivity index (χ0v) is 18.0. The largest absolute Gasteiger partial charge is 0.455 e. The highest BCUT2D eigenvalue weighted by atomic mass is 16.5. The molecule has 0 bridgehead atoms. The van der Waals surface area contributed by atoms with Crippen LogP contribution in [-0.2, 0) is 19.1 Å². The number of rotatable bonds is 6. The Kier molecular flexibility index (Phi) is 6.35. The lowest BCUT2D eigenvalue weighted by molar-refractivity contribution is -0.151. The van der Waals surface area contributed by atoms with Gasteiger partial charge >= 0.3 is 5.97 Å². The summed E-state index contributed by atoms with van der Waals surface area (Å²) < 4.78 is 5.13. The number of hydrazine groups is 1. The van der Waals surface area contributed by atoms with E-state index in [1.54, 1.807) is 30.3 Å². The van der Waals surface area contributed by atoms with Gasteiger partial charge in [0.2, 0.25) is 5.91 Å². The number of hydrogen-bond donors (Lipinski definition) is 2. The molecule has 0 aromatic heterocycles. The normalized spacial score (nSPS) is 15.4. The maximum absolute atomic E-state index is 12.4. The molecule has 4 rings (SSSR count). The average Bonchev–Trinajstić information content (AvgIpc) is 3.18. The maximum atomic E-state index is 12.4. The predicted octanol–water partition coefficient (Wildman–Crippen LogP) is 2.82. The van der Waals surface area contributed by atoms with Gasteiger partial charge in [0, 0.05) is 23.1 Å². The molecule has 1 atom stereocenters. The molecule has 8 heteroatoms. The van der Waals surface area contributed by atoms with Gasteiger partial charge in [-0.1, -0.05) is 54.1 Å². The summed E-state index contributed by atoms with van der Waals surface area (Å²) in [5, 5.41) is 5.71. The van der Waals surface area contributed by atoms with Gasteiger partial charge in [-0.2, -0.15) is 0 Å². The second kappa shape index (κ2) is 9.52. The first-order valence-electron chi connectivity index (χ1n) is 10.5. The van der Waals surface area contributed by atoms with Crippen molar-refractivity contribution in [2.75, 3.05) is 18.5 Å². The number of carbonyl (C=O) groups excluding carboxylic acids is 4. The predicted molar refractivity (Wildman–Crippen MR) is 122 cm³/mol. The molecule has 33 heavy (non-hydrogen) atoms. The lowest BCUT2D eigenvalue weighted by Gasteiger charge is -2.17. The SMILES string of the molecule is Cc1ccc(C(=O)NN2C[C@@H](C(=O)OCC(=O)Nc3cccc4ccccc34)CC2=O)cc1. The van der Waals surface area contributed by atoms with Gasteiger partial charge in [0.05, 0.1) is 12.5 Å². The highest BCUT2D eigenvalue weighted by Crippen LogP contribution is 2.23. The lowest BCUT2D eigenvalue weighted by atomic mass is 10.1. The molecule has 0 aliphatic carbocycles. The number of nitrogens with one attached hydrogen (secondary N) is 2. The summed E-state index contributed by atoms with van der Waals surface area (Å²) in [6.45, 7) is 1.42. The molecule has 3 aromatic rings. The van der Waals surface area contributed by atoms with Gasteiger partial charge in [0.25, 0.3) is 11.8 Å². The van der Waals surface area contributed by atoms with Crippen molar-refractivity contribution in [3.05, 3.63) is 77.9 Å². The number of hydrogen-bond acceptors (Lipinski definition) is 5. The van der Waals surface area contributed by atoms with Crippen LogP contribution in [0.15, 0.2) is 66.7 Å². The zero-order valence-electron chi connectivity index (χ0n) is 18.0. The molecule has 8 nitrogen and oxygen atoms in total. The highest BCUT2D eigenvalue weighted by molar-refractivity contribution is 6.03. The Morgan fingerprint density at radius 3 is 2.52 bits per heavy atom. The van der Waals surface area contributed by atoms with E-state index in [0.717, 1.165) is 21.3 Å². The smallest absolute Gasteiger partial charge is 0.311 e. The molecule has 0 saturated carbocycles. The fourth-order valence-electron chi connectivity index (χ4n) is 3.64. The Hall–Kier alpha value is -4.20. The molecule has 168 valence electrons. The zero-order chi connectivity index (χ0) is 23.4. The Morgan fingerprint density at radius 2 is 1.73 bits per heavy atom. The third kappa shape index (κ3) is 5.17. The summed E-state index contributed by atoms with van der Waals surface area (Å²) >= 11 is 0. The highest BCUT2D eigenvalue weighted by Gasteiger charge is 2.36. The Bertz CT molecular complexity index is 1220. The standard InChI is InChI=1S/C25H23N3O5/c1-16-9-11-18(12-10-16)24(31)27-28-14-19(13-23(28)30)25(32)33-15-22(29)26-21-8-4-6-17-5-2-3-7-20(17)21/h2-12,19H,13-15H2,1H3,(H,26,29)(H,27,31)/t19-/m0/s1. The summed E-state index contributed by atoms with van der Waals surface area (Å²) in [7, 11) is 0. The third-order valence-corrected chi connectivity index (χ3v) is 5.42. The van der Waals surface area contributed by atoms with E-state index in [2.05, 4.69) is 10.7 Å². The molecular weight excluding hydrogens is 422 g/mol. The number of amides is 3. The van der Waals surface area contributed by atoms with Crippen molar-refractivity contribution in [1.82, 2.24) is 10.4 Å². The van der Waals surface area contributed by atoms with Crippen molar-refractivity contribution in [2.24, 2.45) is 5.92 Å². The molecule has 1 fully saturated rings. The van der Waals surface area contributed by atoms with Gasteiger partial charge in [-0.3, -0.25) is 29.6 Å². The third-order valence-electron chi connectivity index (χ3n) is 5.42. The Morgan fingerprint density at radius 1 is 1.00 bits per heavy atom. The fraction of sp³-hybridized carbons (Fsp3) is 0.200. The maximum Gasteiger partial charge on any atom is 0.311 e. The summed E-state index contributed by atoms with van der Waals surface area (Å²) in [5.41, 5.74) is 4.56. The molecule has 3 amide bonds. The van der Waals surface area contributed by atoms with Crippen LogP contribution < -0.4 is 10.7 Å². The number of carbonyl (C=O) groups is 4. The van der Waals surface area contributed by atoms with E-state index < -0.39 is 36.2 Å². The van der Waals surface area contributed by atoms with Gasteiger partial charge in [-0.15, -0.1) is 0 Å². The van der Waals surface area contributed by atoms with E-state index in [0.29, 0.717) is 11.3 Å². The lowest BCUT2D eigenvalue weighted by Crippen LogP contribution is -2.43. The number of esters is 1. The van der Waals surface area contributed by atoms with Crippen LogP contribution in [0.3, 0.4) is 0 Å². The number of ether oxygens (including phenoxy) is 1. The van der Waals surface area contributed by atoms with Gasteiger partial charge in [-0.05, 0) is 30.5 Å². The van der Waals surface area contributed by atoms with Gasteiger partial charge in [-0.25, -0.2) is 0 Å². The molecule has 0 radical (unpaired) electrons. The first kappa shape index (κ1) is 22.0. The van der Waals surface area contributed by atoms with Crippen molar-refractivity contribution in [1.29, 1.82) is 0 Å². The van der Waals surface area contributed by atoms with Crippen molar-refractivity contribution < 1.29 is 23.9 Å². The van der Waals surface area contributed by atoms with Crippen molar-refractivity contribution in [2.45, 2.75) is 13.3 Å². The van der Waals surface area contributed by atoms with Crippen LogP contribution in [0.1, 0.15) is 22.3 Å². The molecule has 3 aromatic carbocycles. The van der Waals surface area contributed by atoms with Crippen LogP contribution >= 0.6 is 0 Å². The minimum Gasteiger partial charge on any atom is -0.455 e. The number of aryl methyl sites for hydroxylation is 1. The minimum atomic E-state index is -0.763. The summed E-state index contributed by atoms with van der Waals surface area (Å²) in [6.07, 6.45) is -0.0993. The van der Waals surface area contributed by atoms with Gasteiger partial charge in [0.15, 0.2) is 6.61 Å². The molecule has 0 unspecified atom stereocenters. The summed E-state index contributed by atoms with van der Waals surface area (Å²) in [4.78, 5) is 49.3. The average molecular weight is 445 g/mol. The monoisotopic (exact) mass is 445 g/mol. The summed E-state index contributed by atoms with van der Waals surface area (Å²) in [6, 6.07) is 20.0. The topological polar surface area (TPSA) is 105 Å². The first-order valence-corrected chi connectivity index (χ1v) is 10.5. The number of fused-ring (bicyclic) bond motifs is 1. The molecule has 1 aliphatic heterocycles. The van der Waals surface area contributed by atoms with Crippen LogP contribution in [-0.4, -0.2) is 41.9 Å². The fourth-order valence-corrected chi connectivity index (χ4v) is 3.64. The molecule has 1 saturated heterocycles. The van der Waals surface area contributed by atoms with Crippen LogP contribution in [0.2, 0.25) is 0 Å². The van der Waals surface area contributed by atoms with E-state index in [1.807, 2.05) is 43.3 Å². The Balaban J connectivity index is 1.29. The van der Waals surface area contributed by atoms with Crippen LogP contribution in [0.5, 0.6) is 0 Å². The van der Waals surface area contributed by atoms with E-state index >= 15 is 0 Å². The first-order chi connectivity index (χ1) is 15.9. The summed E-state index contributed by atoms with van der Waals surface area (Å²) in [5.74, 6) is -2.73. The molecule has 1 heterocycles. The Labute approximate surface area is 190 Å². The van der Waals surface area contributed by atoms with Crippen molar-refractivity contribution in [3.8, 4) is 0 Å². The second-order valence-electron chi connectivity index (χ2n) is 7.89. The van der Waals surface area contributed by atoms with E-state index in [1.165, 1.54) is 0 Å². The number of benzene rings is 3. The van der Waals surface area contributed by atoms with Gasteiger partial charge in [0.1, 0.15) is 0 Å². The van der Waals surface area contributed by atoms with E-state index in [-0.39, 0.29) is 13.0 Å². The van der Waals surface area contributed by atoms with E-state index in [9.17, 15) is 19.2 Å². The minimum absolute atomic E-state index is 0.0137.